The first-order valence-corrected chi connectivity index (χ1v) is 3.36. The molecule has 6 heteroatoms. The molecule has 1 aliphatic carbocycles. The molecular weight excluding hydrogens is 186 g/mol. The molecule has 0 bridgehead atoms. The van der Waals surface area contributed by atoms with Crippen LogP contribution in [-0.2, 0) is 0 Å². The topological polar surface area (TPSA) is 0 Å². The van der Waals surface area contributed by atoms with E-state index in [2.05, 4.69) is 0 Å². The molecule has 0 aliphatic heterocycles. The van der Waals surface area contributed by atoms with Gasteiger partial charge in [-0.1, -0.05) is 0 Å². The Labute approximate surface area is 64.6 Å². The lowest BCUT2D eigenvalue weighted by Gasteiger charge is -2.38. The van der Waals surface area contributed by atoms with E-state index in [0.717, 1.165) is 0 Å². The number of halogens is 6. The molecule has 0 aromatic rings. The molecule has 1 aliphatic rings. The third-order valence-corrected chi connectivity index (χ3v) is 2.12. The molecule has 0 saturated heterocycles. The van der Waals surface area contributed by atoms with Crippen molar-refractivity contribution in [3.8, 4) is 0 Å². The van der Waals surface area contributed by atoms with Crippen molar-refractivity contribution in [2.45, 2.75) is 25.2 Å². The van der Waals surface area contributed by atoms with Crippen molar-refractivity contribution in [3.63, 3.8) is 0 Å². The van der Waals surface area contributed by atoms with Gasteiger partial charge in [0.1, 0.15) is 0 Å². The van der Waals surface area contributed by atoms with Gasteiger partial charge in [-0.05, 0) is 12.8 Å². The van der Waals surface area contributed by atoms with E-state index >= 15 is 0 Å². The van der Waals surface area contributed by atoms with E-state index in [1.54, 1.807) is 0 Å². The summed E-state index contributed by atoms with van der Waals surface area (Å²) in [5.74, 6) is -4.34. The highest BCUT2D eigenvalue weighted by Crippen LogP contribution is 2.52. The molecule has 12 heavy (non-hydrogen) atoms. The Morgan fingerprint density at radius 3 is 1.00 bits per heavy atom. The zero-order chi connectivity index (χ0) is 9.57. The summed E-state index contributed by atoms with van der Waals surface area (Å²) in [7, 11) is 0. The molecule has 0 N–H and O–H groups in total. The fraction of sp³-hybridized carbons (Fsp3) is 1.00. The van der Waals surface area contributed by atoms with Gasteiger partial charge in [-0.3, -0.25) is 0 Å². The highest BCUT2D eigenvalue weighted by atomic mass is 19.4. The van der Waals surface area contributed by atoms with Crippen LogP contribution in [0, 0.1) is 11.8 Å². The van der Waals surface area contributed by atoms with E-state index in [1.165, 1.54) is 0 Å². The normalized spacial score (nSPS) is 31.5. The monoisotopic (exact) mass is 192 g/mol. The quantitative estimate of drug-likeness (QED) is 0.517. The van der Waals surface area contributed by atoms with E-state index in [-0.39, 0.29) is 0 Å². The van der Waals surface area contributed by atoms with Crippen LogP contribution in [0.2, 0.25) is 0 Å². The summed E-state index contributed by atoms with van der Waals surface area (Å²) >= 11 is 0. The van der Waals surface area contributed by atoms with Crippen LogP contribution in [0.25, 0.3) is 0 Å². The number of hydrogen-bond acceptors (Lipinski definition) is 0. The third-order valence-electron chi connectivity index (χ3n) is 2.12. The predicted octanol–water partition coefficient (Wildman–Crippen LogP) is 3.14. The molecule has 2 unspecified atom stereocenters. The van der Waals surface area contributed by atoms with Gasteiger partial charge >= 0.3 is 12.4 Å². The third kappa shape index (κ3) is 1.67. The van der Waals surface area contributed by atoms with Crippen molar-refractivity contribution >= 4 is 0 Å². The van der Waals surface area contributed by atoms with Crippen LogP contribution < -0.4 is 0 Å². The van der Waals surface area contributed by atoms with Crippen molar-refractivity contribution in [3.05, 3.63) is 0 Å². The Hall–Kier alpha value is -0.420. The zero-order valence-corrected chi connectivity index (χ0v) is 5.84. The van der Waals surface area contributed by atoms with Gasteiger partial charge < -0.3 is 0 Å². The first-order valence-electron chi connectivity index (χ1n) is 3.36. The second-order valence-corrected chi connectivity index (χ2v) is 2.87. The SMILES string of the molecule is FC(F)(F)C1CCC1C(F)(F)F. The van der Waals surface area contributed by atoms with Gasteiger partial charge in [-0.2, -0.15) is 26.3 Å². The molecule has 0 aromatic carbocycles. The van der Waals surface area contributed by atoms with Crippen LogP contribution in [0.4, 0.5) is 26.3 Å². The van der Waals surface area contributed by atoms with Crippen molar-refractivity contribution in [1.29, 1.82) is 0 Å². The molecule has 0 radical (unpaired) electrons. The number of alkyl halides is 6. The fourth-order valence-corrected chi connectivity index (χ4v) is 1.28. The zero-order valence-electron chi connectivity index (χ0n) is 5.84. The van der Waals surface area contributed by atoms with Crippen LogP contribution >= 0.6 is 0 Å². The molecule has 1 rings (SSSR count). The van der Waals surface area contributed by atoms with Crippen LogP contribution in [-0.4, -0.2) is 12.4 Å². The molecule has 0 heterocycles. The Kier molecular flexibility index (Phi) is 2.04. The molecule has 0 nitrogen and oxygen atoms in total. The van der Waals surface area contributed by atoms with Crippen LogP contribution in [0.1, 0.15) is 12.8 Å². The molecule has 72 valence electrons. The second-order valence-electron chi connectivity index (χ2n) is 2.87. The molecule has 1 saturated carbocycles. The Balaban J connectivity index is 2.62. The van der Waals surface area contributed by atoms with Crippen molar-refractivity contribution in [2.75, 3.05) is 0 Å². The summed E-state index contributed by atoms with van der Waals surface area (Å²) in [6.45, 7) is 0. The summed E-state index contributed by atoms with van der Waals surface area (Å²) in [5, 5.41) is 0. The first-order chi connectivity index (χ1) is 5.23. The van der Waals surface area contributed by atoms with E-state index in [1.807, 2.05) is 0 Å². The first kappa shape index (κ1) is 9.67. The van der Waals surface area contributed by atoms with Crippen LogP contribution in [0.5, 0.6) is 0 Å². The average molecular weight is 192 g/mol. The smallest absolute Gasteiger partial charge is 0.171 e. The fourth-order valence-electron chi connectivity index (χ4n) is 1.28. The molecule has 0 spiro atoms. The highest BCUT2D eigenvalue weighted by molar-refractivity contribution is 4.89. The van der Waals surface area contributed by atoms with Crippen LogP contribution in [0.15, 0.2) is 0 Å². The maximum Gasteiger partial charge on any atom is 0.392 e. The van der Waals surface area contributed by atoms with Gasteiger partial charge in [-0.25, -0.2) is 0 Å². The Bertz CT molecular complexity index is 146. The number of rotatable bonds is 0. The Morgan fingerprint density at radius 2 is 0.917 bits per heavy atom. The molecular formula is C6H6F6. The minimum absolute atomic E-state index is 0.395. The lowest BCUT2D eigenvalue weighted by molar-refractivity contribution is -0.284. The minimum atomic E-state index is -4.70. The maximum atomic E-state index is 11.8. The minimum Gasteiger partial charge on any atom is -0.171 e. The molecule has 0 aromatic heterocycles. The van der Waals surface area contributed by atoms with Crippen molar-refractivity contribution in [1.82, 2.24) is 0 Å². The summed E-state index contributed by atoms with van der Waals surface area (Å²) < 4.78 is 70.7. The largest absolute Gasteiger partial charge is 0.392 e. The maximum absolute atomic E-state index is 11.8. The molecule has 0 amide bonds. The summed E-state index contributed by atoms with van der Waals surface area (Å²) in [6.07, 6.45) is -10.2. The lowest BCUT2D eigenvalue weighted by atomic mass is 9.73. The predicted molar refractivity (Wildman–Crippen MR) is 28.3 cm³/mol. The van der Waals surface area contributed by atoms with Gasteiger partial charge in [0.15, 0.2) is 0 Å². The molecule has 2 atom stereocenters. The van der Waals surface area contributed by atoms with E-state index in [9.17, 15) is 26.3 Å². The van der Waals surface area contributed by atoms with E-state index in [4.69, 9.17) is 0 Å². The molecule has 1 fully saturated rings. The highest BCUT2D eigenvalue weighted by Gasteiger charge is 2.59. The van der Waals surface area contributed by atoms with Crippen LogP contribution in [0.3, 0.4) is 0 Å². The van der Waals surface area contributed by atoms with Gasteiger partial charge in [0.2, 0.25) is 0 Å². The van der Waals surface area contributed by atoms with Gasteiger partial charge in [0, 0.05) is 0 Å². The standard InChI is InChI=1S/C6H6F6/c7-5(8,9)3-1-2-4(3)6(10,11)12/h3-4H,1-2H2. The van der Waals surface area contributed by atoms with Gasteiger partial charge in [-0.15, -0.1) is 0 Å². The van der Waals surface area contributed by atoms with Crippen molar-refractivity contribution < 1.29 is 26.3 Å². The summed E-state index contributed by atoms with van der Waals surface area (Å²) in [5.41, 5.74) is 0. The van der Waals surface area contributed by atoms with Gasteiger partial charge in [0.25, 0.3) is 0 Å². The lowest BCUT2D eigenvalue weighted by Crippen LogP contribution is -2.45. The van der Waals surface area contributed by atoms with Gasteiger partial charge in [0.05, 0.1) is 11.8 Å². The number of hydrogen-bond donors (Lipinski definition) is 0. The van der Waals surface area contributed by atoms with Crippen molar-refractivity contribution in [2.24, 2.45) is 11.8 Å². The van der Waals surface area contributed by atoms with E-state index < -0.39 is 37.0 Å². The Morgan fingerprint density at radius 1 is 0.667 bits per heavy atom. The average Bonchev–Trinajstić information content (AvgIpc) is 1.46. The van der Waals surface area contributed by atoms with E-state index in [0.29, 0.717) is 0 Å². The second kappa shape index (κ2) is 2.53. The summed E-state index contributed by atoms with van der Waals surface area (Å²) in [6, 6.07) is 0. The summed E-state index contributed by atoms with van der Waals surface area (Å²) in [4.78, 5) is 0.